The molecule has 0 saturated heterocycles. The van der Waals surface area contributed by atoms with Gasteiger partial charge in [0.25, 0.3) is 5.91 Å². The Bertz CT molecular complexity index is 739. The highest BCUT2D eigenvalue weighted by molar-refractivity contribution is 5.96. The smallest absolute Gasteiger partial charge is 0.251 e. The van der Waals surface area contributed by atoms with Gasteiger partial charge in [0.1, 0.15) is 0 Å². The van der Waals surface area contributed by atoms with E-state index in [4.69, 9.17) is 5.11 Å². The molecule has 2 aromatic carbocycles. The molecule has 0 atom stereocenters. The van der Waals surface area contributed by atoms with Crippen molar-refractivity contribution in [3.63, 3.8) is 0 Å². The predicted molar refractivity (Wildman–Crippen MR) is 97.3 cm³/mol. The highest BCUT2D eigenvalue weighted by Crippen LogP contribution is 2.09. The van der Waals surface area contributed by atoms with Gasteiger partial charge in [-0.1, -0.05) is 30.3 Å². The minimum absolute atomic E-state index is 0.0250. The predicted octanol–water partition coefficient (Wildman–Crippen LogP) is 1.88. The molecule has 0 aliphatic rings. The summed E-state index contributed by atoms with van der Waals surface area (Å²) in [5.41, 5.74) is 4.67. The van der Waals surface area contributed by atoms with Crippen LogP contribution in [-0.2, 0) is 17.8 Å². The monoisotopic (exact) mass is 340 g/mol. The molecule has 0 spiro atoms. The van der Waals surface area contributed by atoms with Crippen LogP contribution in [0.5, 0.6) is 0 Å². The molecule has 0 saturated carbocycles. The number of rotatable bonds is 7. The summed E-state index contributed by atoms with van der Waals surface area (Å²) in [6.45, 7) is 4.41. The van der Waals surface area contributed by atoms with Gasteiger partial charge < -0.3 is 15.7 Å². The Morgan fingerprint density at radius 2 is 1.60 bits per heavy atom. The lowest BCUT2D eigenvalue weighted by Gasteiger charge is -2.08. The molecule has 2 rings (SSSR count). The van der Waals surface area contributed by atoms with Crippen molar-refractivity contribution in [1.29, 1.82) is 0 Å². The van der Waals surface area contributed by atoms with Crippen molar-refractivity contribution >= 4 is 11.8 Å². The minimum Gasteiger partial charge on any atom is -0.392 e. The molecule has 0 heterocycles. The van der Waals surface area contributed by atoms with Gasteiger partial charge in [-0.15, -0.1) is 0 Å². The maximum atomic E-state index is 12.1. The topological polar surface area (TPSA) is 78.4 Å². The average molecular weight is 340 g/mol. The number of hydrogen-bond acceptors (Lipinski definition) is 3. The molecule has 0 unspecified atom stereocenters. The van der Waals surface area contributed by atoms with Crippen LogP contribution in [0.3, 0.4) is 0 Å². The molecule has 0 radical (unpaired) electrons. The number of carbonyl (C=O) groups is 2. The van der Waals surface area contributed by atoms with Crippen molar-refractivity contribution in [2.75, 3.05) is 13.1 Å². The third-order valence-electron chi connectivity index (χ3n) is 4.12. The Kier molecular flexibility index (Phi) is 6.71. The van der Waals surface area contributed by atoms with E-state index in [9.17, 15) is 9.59 Å². The standard InChI is InChI=1S/C20H24N2O3/c1-14-3-8-18(11-15(14)2)20(25)22-12-19(24)21-10-9-16-4-6-17(13-23)7-5-16/h3-8,11,23H,9-10,12-13H2,1-2H3,(H,21,24)(H,22,25). The fourth-order valence-corrected chi connectivity index (χ4v) is 2.37. The van der Waals surface area contributed by atoms with Gasteiger partial charge in [0.2, 0.25) is 5.91 Å². The third-order valence-corrected chi connectivity index (χ3v) is 4.12. The Labute approximate surface area is 148 Å². The van der Waals surface area contributed by atoms with Crippen molar-refractivity contribution < 1.29 is 14.7 Å². The van der Waals surface area contributed by atoms with E-state index >= 15 is 0 Å². The SMILES string of the molecule is Cc1ccc(C(=O)NCC(=O)NCCc2ccc(CO)cc2)cc1C. The maximum Gasteiger partial charge on any atom is 0.251 e. The summed E-state index contributed by atoms with van der Waals surface area (Å²) in [6.07, 6.45) is 0.697. The number of carbonyl (C=O) groups excluding carboxylic acids is 2. The van der Waals surface area contributed by atoms with Crippen molar-refractivity contribution in [2.24, 2.45) is 0 Å². The molecule has 132 valence electrons. The number of benzene rings is 2. The van der Waals surface area contributed by atoms with Crippen molar-refractivity contribution in [3.05, 3.63) is 70.3 Å². The zero-order valence-corrected chi connectivity index (χ0v) is 14.6. The molecule has 25 heavy (non-hydrogen) atoms. The quantitative estimate of drug-likeness (QED) is 0.720. The first kappa shape index (κ1) is 18.7. The second-order valence-electron chi connectivity index (χ2n) is 6.06. The molecule has 2 amide bonds. The van der Waals surface area contributed by atoms with Crippen LogP contribution in [-0.4, -0.2) is 30.0 Å². The molecule has 0 fully saturated rings. The normalized spacial score (nSPS) is 10.4. The summed E-state index contributed by atoms with van der Waals surface area (Å²) in [5.74, 6) is -0.470. The van der Waals surface area contributed by atoms with Crippen LogP contribution in [0.2, 0.25) is 0 Å². The number of aliphatic hydroxyl groups is 1. The lowest BCUT2D eigenvalue weighted by Crippen LogP contribution is -2.37. The van der Waals surface area contributed by atoms with Gasteiger partial charge in [0.05, 0.1) is 13.2 Å². The molecule has 2 aromatic rings. The average Bonchev–Trinajstić information content (AvgIpc) is 2.62. The van der Waals surface area contributed by atoms with Gasteiger partial charge >= 0.3 is 0 Å². The summed E-state index contributed by atoms with van der Waals surface area (Å²) in [7, 11) is 0. The van der Waals surface area contributed by atoms with Crippen LogP contribution >= 0.6 is 0 Å². The zero-order valence-electron chi connectivity index (χ0n) is 14.6. The summed E-state index contributed by atoms with van der Waals surface area (Å²) in [6, 6.07) is 13.1. The van der Waals surface area contributed by atoms with Gasteiger partial charge in [0.15, 0.2) is 0 Å². The van der Waals surface area contributed by atoms with Crippen molar-refractivity contribution in [1.82, 2.24) is 10.6 Å². The van der Waals surface area contributed by atoms with E-state index < -0.39 is 0 Å². The van der Waals surface area contributed by atoms with E-state index in [0.717, 1.165) is 22.3 Å². The second-order valence-corrected chi connectivity index (χ2v) is 6.06. The third kappa shape index (κ3) is 5.72. The van der Waals surface area contributed by atoms with Crippen LogP contribution in [0.25, 0.3) is 0 Å². The van der Waals surface area contributed by atoms with Crippen LogP contribution in [0.4, 0.5) is 0 Å². The lowest BCUT2D eigenvalue weighted by molar-refractivity contribution is -0.120. The van der Waals surface area contributed by atoms with Gasteiger partial charge in [0, 0.05) is 12.1 Å². The molecular weight excluding hydrogens is 316 g/mol. The maximum absolute atomic E-state index is 12.1. The summed E-state index contributed by atoms with van der Waals surface area (Å²) in [4.78, 5) is 23.9. The Morgan fingerprint density at radius 3 is 2.24 bits per heavy atom. The second kappa shape index (κ2) is 8.99. The first-order valence-corrected chi connectivity index (χ1v) is 8.30. The molecule has 5 nitrogen and oxygen atoms in total. The number of amides is 2. The summed E-state index contributed by atoms with van der Waals surface area (Å²) >= 11 is 0. The molecule has 3 N–H and O–H groups in total. The van der Waals surface area contributed by atoms with Gasteiger partial charge in [-0.2, -0.15) is 0 Å². The van der Waals surface area contributed by atoms with E-state index in [1.54, 1.807) is 6.07 Å². The summed E-state index contributed by atoms with van der Waals surface area (Å²) < 4.78 is 0. The molecule has 0 aromatic heterocycles. The van der Waals surface area contributed by atoms with Crippen LogP contribution in [0.15, 0.2) is 42.5 Å². The van der Waals surface area contributed by atoms with Gasteiger partial charge in [-0.3, -0.25) is 9.59 Å². The first-order chi connectivity index (χ1) is 12.0. The number of aliphatic hydroxyl groups excluding tert-OH is 1. The van der Waals surface area contributed by atoms with Crippen molar-refractivity contribution in [3.8, 4) is 0 Å². The molecule has 0 bridgehead atoms. The Balaban J connectivity index is 1.72. The summed E-state index contributed by atoms with van der Waals surface area (Å²) in [5, 5.41) is 14.4. The largest absolute Gasteiger partial charge is 0.392 e. The fourth-order valence-electron chi connectivity index (χ4n) is 2.37. The molecule has 0 aliphatic carbocycles. The molecule has 0 aliphatic heterocycles. The van der Waals surface area contributed by atoms with Crippen LogP contribution < -0.4 is 10.6 Å². The highest BCUT2D eigenvalue weighted by atomic mass is 16.3. The molecule has 5 heteroatoms. The van der Waals surface area contributed by atoms with E-state index in [-0.39, 0.29) is 25.0 Å². The fraction of sp³-hybridized carbons (Fsp3) is 0.300. The van der Waals surface area contributed by atoms with E-state index in [1.165, 1.54) is 0 Å². The molecular formula is C20H24N2O3. The van der Waals surface area contributed by atoms with E-state index in [1.807, 2.05) is 50.2 Å². The highest BCUT2D eigenvalue weighted by Gasteiger charge is 2.08. The Hall–Kier alpha value is -2.66. The first-order valence-electron chi connectivity index (χ1n) is 8.30. The van der Waals surface area contributed by atoms with Crippen LogP contribution in [0, 0.1) is 13.8 Å². The minimum atomic E-state index is -0.252. The van der Waals surface area contributed by atoms with E-state index in [2.05, 4.69) is 10.6 Å². The number of nitrogens with one attached hydrogen (secondary N) is 2. The zero-order chi connectivity index (χ0) is 18.2. The Morgan fingerprint density at radius 1 is 0.920 bits per heavy atom. The van der Waals surface area contributed by atoms with Crippen LogP contribution in [0.1, 0.15) is 32.6 Å². The van der Waals surface area contributed by atoms with E-state index in [0.29, 0.717) is 18.5 Å². The van der Waals surface area contributed by atoms with Crippen molar-refractivity contribution in [2.45, 2.75) is 26.9 Å². The number of hydrogen-bond donors (Lipinski definition) is 3. The van der Waals surface area contributed by atoms with Gasteiger partial charge in [-0.05, 0) is 54.7 Å². The number of aryl methyl sites for hydroxylation is 2. The van der Waals surface area contributed by atoms with Gasteiger partial charge in [-0.25, -0.2) is 0 Å². The lowest BCUT2D eigenvalue weighted by atomic mass is 10.1.